The van der Waals surface area contributed by atoms with Gasteiger partial charge in [-0.2, -0.15) is 0 Å². The minimum Gasteiger partial charge on any atom is -0.349 e. The zero-order chi connectivity index (χ0) is 25.2. The number of amides is 2. The number of anilines is 1. The van der Waals surface area contributed by atoms with Crippen molar-refractivity contribution in [2.24, 2.45) is 5.92 Å². The lowest BCUT2D eigenvalue weighted by atomic mass is 9.86. The lowest BCUT2D eigenvalue weighted by Gasteiger charge is -2.29. The van der Waals surface area contributed by atoms with Crippen LogP contribution in [-0.4, -0.2) is 27.8 Å². The van der Waals surface area contributed by atoms with E-state index in [0.717, 1.165) is 29.4 Å². The van der Waals surface area contributed by atoms with Crippen LogP contribution in [0.3, 0.4) is 0 Å². The van der Waals surface area contributed by atoms with Crippen LogP contribution in [0.25, 0.3) is 22.4 Å². The van der Waals surface area contributed by atoms with Gasteiger partial charge in [0.15, 0.2) is 0 Å². The van der Waals surface area contributed by atoms with Gasteiger partial charge in [0, 0.05) is 28.4 Å². The third kappa shape index (κ3) is 5.25. The average Bonchev–Trinajstić information content (AvgIpc) is 3.30. The summed E-state index contributed by atoms with van der Waals surface area (Å²) in [5.74, 6) is 0.874. The van der Waals surface area contributed by atoms with E-state index < -0.39 is 0 Å². The maximum atomic E-state index is 12.7. The number of hydrogen-bond acceptors (Lipinski definition) is 3. The lowest BCUT2D eigenvalue weighted by molar-refractivity contribution is 0.0909. The number of H-pyrrole nitrogens is 1. The standard InChI is InChI=1S/C28H26Cl2N4O2/c1-16-4-2-3-5-23(16)34-27(35)18-8-6-17(7-9-18)26-32-24-13-11-20(15-25(24)33-26)31-28(36)19-10-12-21(29)22(30)14-19/h6-16,23H,2-5H2,1H3,(H,31,36)(H,32,33)(H,34,35). The number of fused-ring (bicyclic) bond motifs is 1. The summed E-state index contributed by atoms with van der Waals surface area (Å²) in [6.07, 6.45) is 4.61. The summed E-state index contributed by atoms with van der Waals surface area (Å²) in [7, 11) is 0. The number of nitrogens with one attached hydrogen (secondary N) is 3. The van der Waals surface area contributed by atoms with Gasteiger partial charge in [-0.3, -0.25) is 9.59 Å². The van der Waals surface area contributed by atoms with E-state index in [0.29, 0.717) is 38.6 Å². The van der Waals surface area contributed by atoms with E-state index in [4.69, 9.17) is 23.2 Å². The molecule has 1 aliphatic carbocycles. The van der Waals surface area contributed by atoms with Crippen molar-refractivity contribution in [2.45, 2.75) is 38.6 Å². The van der Waals surface area contributed by atoms with Crippen LogP contribution in [0.15, 0.2) is 60.7 Å². The van der Waals surface area contributed by atoms with Gasteiger partial charge in [-0.15, -0.1) is 0 Å². The van der Waals surface area contributed by atoms with Crippen LogP contribution >= 0.6 is 23.2 Å². The molecule has 5 rings (SSSR count). The molecule has 1 saturated carbocycles. The topological polar surface area (TPSA) is 86.9 Å². The van der Waals surface area contributed by atoms with Crippen LogP contribution in [0.4, 0.5) is 5.69 Å². The fourth-order valence-electron chi connectivity index (χ4n) is 4.63. The van der Waals surface area contributed by atoms with Gasteiger partial charge in [0.1, 0.15) is 5.82 Å². The Morgan fingerprint density at radius 1 is 0.889 bits per heavy atom. The third-order valence-corrected chi connectivity index (χ3v) is 7.51. The molecular weight excluding hydrogens is 495 g/mol. The Morgan fingerprint density at radius 2 is 1.64 bits per heavy atom. The summed E-state index contributed by atoms with van der Waals surface area (Å²) in [4.78, 5) is 33.3. The van der Waals surface area contributed by atoms with Crippen molar-refractivity contribution >= 4 is 51.7 Å². The summed E-state index contributed by atoms with van der Waals surface area (Å²) >= 11 is 12.0. The van der Waals surface area contributed by atoms with Crippen LogP contribution < -0.4 is 10.6 Å². The predicted molar refractivity (Wildman–Crippen MR) is 145 cm³/mol. The average molecular weight is 521 g/mol. The van der Waals surface area contributed by atoms with E-state index in [-0.39, 0.29) is 17.9 Å². The number of carbonyl (C=O) groups is 2. The van der Waals surface area contributed by atoms with Crippen molar-refractivity contribution in [1.82, 2.24) is 15.3 Å². The van der Waals surface area contributed by atoms with E-state index in [1.54, 1.807) is 18.2 Å². The summed E-state index contributed by atoms with van der Waals surface area (Å²) in [6.45, 7) is 2.21. The van der Waals surface area contributed by atoms with Gasteiger partial charge in [0.05, 0.1) is 21.1 Å². The van der Waals surface area contributed by atoms with Crippen molar-refractivity contribution in [3.05, 3.63) is 81.8 Å². The fraction of sp³-hybridized carbons (Fsp3) is 0.250. The maximum Gasteiger partial charge on any atom is 0.255 e. The van der Waals surface area contributed by atoms with Crippen LogP contribution in [-0.2, 0) is 0 Å². The number of benzene rings is 3. The molecule has 1 aromatic heterocycles. The second-order valence-electron chi connectivity index (χ2n) is 9.32. The zero-order valence-corrected chi connectivity index (χ0v) is 21.3. The van der Waals surface area contributed by atoms with E-state index in [2.05, 4.69) is 27.5 Å². The number of nitrogens with zero attached hydrogens (tertiary/aromatic N) is 1. The molecule has 36 heavy (non-hydrogen) atoms. The van der Waals surface area contributed by atoms with E-state index >= 15 is 0 Å². The summed E-state index contributed by atoms with van der Waals surface area (Å²) in [5, 5.41) is 6.78. The highest BCUT2D eigenvalue weighted by Crippen LogP contribution is 2.26. The van der Waals surface area contributed by atoms with Gasteiger partial charge < -0.3 is 15.6 Å². The molecule has 8 heteroatoms. The largest absolute Gasteiger partial charge is 0.349 e. The molecule has 1 aliphatic rings. The Morgan fingerprint density at radius 3 is 2.39 bits per heavy atom. The van der Waals surface area contributed by atoms with Crippen molar-refractivity contribution in [2.75, 3.05) is 5.32 Å². The monoisotopic (exact) mass is 520 g/mol. The first-order valence-electron chi connectivity index (χ1n) is 12.0. The minimum absolute atomic E-state index is 0.0349. The zero-order valence-electron chi connectivity index (χ0n) is 19.8. The van der Waals surface area contributed by atoms with Gasteiger partial charge in [0.25, 0.3) is 11.8 Å². The Labute approximate surface area is 219 Å². The molecule has 4 aromatic rings. The molecule has 3 aromatic carbocycles. The summed E-state index contributed by atoms with van der Waals surface area (Å²) in [5.41, 5.74) is 4.10. The van der Waals surface area contributed by atoms with Gasteiger partial charge in [-0.25, -0.2) is 4.98 Å². The van der Waals surface area contributed by atoms with Crippen LogP contribution in [0.5, 0.6) is 0 Å². The highest BCUT2D eigenvalue weighted by atomic mass is 35.5. The lowest BCUT2D eigenvalue weighted by Crippen LogP contribution is -2.41. The molecule has 2 unspecified atom stereocenters. The van der Waals surface area contributed by atoms with Gasteiger partial charge in [-0.05, 0) is 67.3 Å². The predicted octanol–water partition coefficient (Wildman–Crippen LogP) is 7.10. The second kappa shape index (κ2) is 10.3. The molecule has 2 amide bonds. The number of aromatic nitrogens is 2. The Balaban J connectivity index is 1.29. The molecule has 0 saturated heterocycles. The number of imidazole rings is 1. The summed E-state index contributed by atoms with van der Waals surface area (Å²) in [6, 6.07) is 17.9. The van der Waals surface area contributed by atoms with Gasteiger partial charge >= 0.3 is 0 Å². The Bertz CT molecular complexity index is 1430. The van der Waals surface area contributed by atoms with E-state index in [9.17, 15) is 9.59 Å². The second-order valence-corrected chi connectivity index (χ2v) is 10.1. The first-order valence-corrected chi connectivity index (χ1v) is 12.8. The van der Waals surface area contributed by atoms with Crippen molar-refractivity contribution in [3.63, 3.8) is 0 Å². The number of aromatic amines is 1. The van der Waals surface area contributed by atoms with Crippen molar-refractivity contribution in [3.8, 4) is 11.4 Å². The molecule has 0 spiro atoms. The molecule has 0 aliphatic heterocycles. The molecule has 3 N–H and O–H groups in total. The Hall–Kier alpha value is -3.35. The van der Waals surface area contributed by atoms with Gasteiger partial charge in [0.2, 0.25) is 0 Å². The first kappa shape index (κ1) is 24.3. The molecule has 1 fully saturated rings. The number of halogens is 2. The molecule has 2 atom stereocenters. The highest BCUT2D eigenvalue weighted by molar-refractivity contribution is 6.42. The molecule has 1 heterocycles. The number of rotatable bonds is 5. The molecule has 0 radical (unpaired) electrons. The number of carbonyl (C=O) groups excluding carboxylic acids is 2. The molecule has 184 valence electrons. The highest BCUT2D eigenvalue weighted by Gasteiger charge is 2.23. The van der Waals surface area contributed by atoms with Gasteiger partial charge in [-0.1, -0.05) is 55.1 Å². The maximum absolute atomic E-state index is 12.7. The van der Waals surface area contributed by atoms with E-state index in [1.807, 2.05) is 36.4 Å². The van der Waals surface area contributed by atoms with Crippen LogP contribution in [0.1, 0.15) is 53.3 Å². The quantitative estimate of drug-likeness (QED) is 0.262. The summed E-state index contributed by atoms with van der Waals surface area (Å²) < 4.78 is 0. The normalized spacial score (nSPS) is 17.6. The van der Waals surface area contributed by atoms with E-state index in [1.165, 1.54) is 18.9 Å². The van der Waals surface area contributed by atoms with Crippen molar-refractivity contribution in [1.29, 1.82) is 0 Å². The van der Waals surface area contributed by atoms with Crippen LogP contribution in [0, 0.1) is 5.92 Å². The number of hydrogen-bond donors (Lipinski definition) is 3. The molecular formula is C28H26Cl2N4O2. The minimum atomic E-state index is -0.288. The smallest absolute Gasteiger partial charge is 0.255 e. The first-order chi connectivity index (χ1) is 17.4. The van der Waals surface area contributed by atoms with Crippen LogP contribution in [0.2, 0.25) is 10.0 Å². The fourth-order valence-corrected chi connectivity index (χ4v) is 4.92. The SMILES string of the molecule is CC1CCCCC1NC(=O)c1ccc(-c2nc3ccc(NC(=O)c4ccc(Cl)c(Cl)c4)cc3[nH]2)cc1. The molecule has 0 bridgehead atoms. The molecule has 6 nitrogen and oxygen atoms in total. The Kier molecular flexibility index (Phi) is 6.99. The van der Waals surface area contributed by atoms with Crippen molar-refractivity contribution < 1.29 is 9.59 Å². The third-order valence-electron chi connectivity index (χ3n) is 6.77.